The maximum absolute atomic E-state index is 13.8. The molecular formula is C26H32ClFN4O4S. The van der Waals surface area contributed by atoms with E-state index >= 15 is 0 Å². The van der Waals surface area contributed by atoms with Crippen LogP contribution >= 0.6 is 23.4 Å². The number of benzene rings is 2. The number of halogens is 2. The van der Waals surface area contributed by atoms with Crippen molar-refractivity contribution in [2.75, 3.05) is 64.1 Å². The Morgan fingerprint density at radius 1 is 1.08 bits per heavy atom. The van der Waals surface area contributed by atoms with Crippen molar-refractivity contribution in [2.24, 2.45) is 0 Å². The number of methoxy groups -OCH3 is 2. The first-order valence-electron chi connectivity index (χ1n) is 12.2. The molecular weight excluding hydrogens is 519 g/mol. The third kappa shape index (κ3) is 6.42. The summed E-state index contributed by atoms with van der Waals surface area (Å²) in [5.74, 6) is 0.802. The number of hydrogen-bond acceptors (Lipinski definition) is 7. The predicted octanol–water partition coefficient (Wildman–Crippen LogP) is 3.18. The van der Waals surface area contributed by atoms with Gasteiger partial charge in [-0.2, -0.15) is 0 Å². The van der Waals surface area contributed by atoms with Crippen LogP contribution in [-0.2, 0) is 9.59 Å². The van der Waals surface area contributed by atoms with Gasteiger partial charge >= 0.3 is 0 Å². The molecule has 2 N–H and O–H groups in total. The van der Waals surface area contributed by atoms with E-state index in [1.54, 1.807) is 20.3 Å². The standard InChI is InChI=1S/C26H32ClFN4O4S/c1-35-19-4-5-21(22(16-19)36-2)31-11-13-32(14-12-31)25(34)26(7-9-29-10-8-26)30-24(33)17-37-23-6-3-18(28)15-20(23)27/h3-6,15-16,29H,7-14,17H2,1-2H3,(H,30,33). The SMILES string of the molecule is COc1ccc(N2CCN(C(=O)C3(NC(=O)CSc4ccc(F)cc4Cl)CCNCC3)CC2)c(OC)c1. The van der Waals surface area contributed by atoms with Crippen molar-refractivity contribution >= 4 is 40.9 Å². The van der Waals surface area contributed by atoms with E-state index in [1.807, 2.05) is 23.1 Å². The number of carbonyl (C=O) groups is 2. The fraction of sp³-hybridized carbons (Fsp3) is 0.462. The molecule has 0 saturated carbocycles. The molecule has 2 aromatic carbocycles. The van der Waals surface area contributed by atoms with E-state index in [1.165, 1.54) is 23.9 Å². The summed E-state index contributed by atoms with van der Waals surface area (Å²) in [6, 6.07) is 9.80. The second-order valence-corrected chi connectivity index (χ2v) is 10.5. The summed E-state index contributed by atoms with van der Waals surface area (Å²) in [4.78, 5) is 31.4. The summed E-state index contributed by atoms with van der Waals surface area (Å²) in [7, 11) is 3.24. The van der Waals surface area contributed by atoms with E-state index in [4.69, 9.17) is 21.1 Å². The van der Waals surface area contributed by atoms with Crippen LogP contribution in [0.3, 0.4) is 0 Å². The Kier molecular flexibility index (Phi) is 9.04. The molecule has 2 aliphatic heterocycles. The average Bonchev–Trinajstić information content (AvgIpc) is 2.92. The highest BCUT2D eigenvalue weighted by atomic mass is 35.5. The van der Waals surface area contributed by atoms with Crippen LogP contribution < -0.4 is 25.0 Å². The highest BCUT2D eigenvalue weighted by Crippen LogP contribution is 2.33. The molecule has 2 saturated heterocycles. The summed E-state index contributed by atoms with van der Waals surface area (Å²) >= 11 is 7.32. The molecule has 200 valence electrons. The number of carbonyl (C=O) groups excluding carboxylic acids is 2. The van der Waals surface area contributed by atoms with Crippen molar-refractivity contribution in [3.63, 3.8) is 0 Å². The third-order valence-electron chi connectivity index (χ3n) is 6.79. The zero-order chi connectivity index (χ0) is 26.4. The monoisotopic (exact) mass is 550 g/mol. The molecule has 0 atom stereocenters. The Morgan fingerprint density at radius 2 is 1.81 bits per heavy atom. The molecule has 2 fully saturated rings. The highest BCUT2D eigenvalue weighted by molar-refractivity contribution is 8.00. The van der Waals surface area contributed by atoms with Gasteiger partial charge in [0, 0.05) is 37.1 Å². The Morgan fingerprint density at radius 3 is 2.46 bits per heavy atom. The minimum absolute atomic E-state index is 0.0477. The number of thioether (sulfide) groups is 1. The first-order chi connectivity index (χ1) is 17.8. The Bertz CT molecular complexity index is 1120. The maximum atomic E-state index is 13.8. The van der Waals surface area contributed by atoms with Gasteiger partial charge in [0.1, 0.15) is 22.9 Å². The lowest BCUT2D eigenvalue weighted by molar-refractivity contribution is -0.143. The normalized spacial score (nSPS) is 17.3. The van der Waals surface area contributed by atoms with Gasteiger partial charge in [0.05, 0.1) is 30.7 Å². The minimum atomic E-state index is -0.949. The molecule has 8 nitrogen and oxygen atoms in total. The van der Waals surface area contributed by atoms with Gasteiger partial charge in [0.2, 0.25) is 11.8 Å². The lowest BCUT2D eigenvalue weighted by Crippen LogP contribution is -2.65. The molecule has 4 rings (SSSR count). The van der Waals surface area contributed by atoms with Crippen LogP contribution in [0.2, 0.25) is 5.02 Å². The van der Waals surface area contributed by atoms with E-state index in [2.05, 4.69) is 15.5 Å². The number of nitrogens with zero attached hydrogens (tertiary/aromatic N) is 2. The molecule has 0 spiro atoms. The molecule has 0 aliphatic carbocycles. The van der Waals surface area contributed by atoms with E-state index in [0.29, 0.717) is 57.0 Å². The van der Waals surface area contributed by atoms with Crippen molar-refractivity contribution in [3.05, 3.63) is 47.2 Å². The second-order valence-electron chi connectivity index (χ2n) is 9.06. The summed E-state index contributed by atoms with van der Waals surface area (Å²) in [6.07, 6.45) is 1.04. The fourth-order valence-corrected chi connectivity index (χ4v) is 5.83. The van der Waals surface area contributed by atoms with Gasteiger partial charge < -0.3 is 29.9 Å². The summed E-state index contributed by atoms with van der Waals surface area (Å²) in [5.41, 5.74) is 0.00638. The van der Waals surface area contributed by atoms with Crippen LogP contribution in [0.25, 0.3) is 0 Å². The van der Waals surface area contributed by atoms with Gasteiger partial charge in [-0.1, -0.05) is 11.6 Å². The zero-order valence-corrected chi connectivity index (χ0v) is 22.6. The Hall–Kier alpha value is -2.69. The van der Waals surface area contributed by atoms with Gasteiger partial charge in [0.15, 0.2) is 0 Å². The molecule has 2 aliphatic rings. The molecule has 2 aromatic rings. The van der Waals surface area contributed by atoms with Gasteiger partial charge in [0.25, 0.3) is 0 Å². The van der Waals surface area contributed by atoms with Crippen LogP contribution in [0, 0.1) is 5.82 Å². The Balaban J connectivity index is 1.39. The van der Waals surface area contributed by atoms with E-state index < -0.39 is 11.4 Å². The molecule has 11 heteroatoms. The van der Waals surface area contributed by atoms with Crippen molar-refractivity contribution < 1.29 is 23.5 Å². The number of anilines is 1. The number of ether oxygens (including phenoxy) is 2. The van der Waals surface area contributed by atoms with Crippen molar-refractivity contribution in [1.29, 1.82) is 0 Å². The van der Waals surface area contributed by atoms with E-state index in [-0.39, 0.29) is 22.6 Å². The number of piperazine rings is 1. The lowest BCUT2D eigenvalue weighted by atomic mass is 9.86. The van der Waals surface area contributed by atoms with Crippen molar-refractivity contribution in [2.45, 2.75) is 23.3 Å². The zero-order valence-electron chi connectivity index (χ0n) is 21.0. The Labute approximate surface area is 225 Å². The number of piperidine rings is 1. The second kappa shape index (κ2) is 12.2. The van der Waals surface area contributed by atoms with Crippen molar-refractivity contribution in [1.82, 2.24) is 15.5 Å². The van der Waals surface area contributed by atoms with Gasteiger partial charge in [-0.3, -0.25) is 9.59 Å². The average molecular weight is 551 g/mol. The predicted molar refractivity (Wildman–Crippen MR) is 143 cm³/mol. The minimum Gasteiger partial charge on any atom is -0.497 e. The van der Waals surface area contributed by atoms with Crippen LogP contribution in [0.4, 0.5) is 10.1 Å². The van der Waals surface area contributed by atoms with Crippen LogP contribution in [-0.4, -0.2) is 81.5 Å². The smallest absolute Gasteiger partial charge is 0.248 e. The third-order valence-corrected chi connectivity index (χ3v) is 8.29. The summed E-state index contributed by atoms with van der Waals surface area (Å²) in [5, 5.41) is 6.59. The van der Waals surface area contributed by atoms with Crippen LogP contribution in [0.15, 0.2) is 41.3 Å². The fourth-order valence-electron chi connectivity index (χ4n) is 4.78. The summed E-state index contributed by atoms with van der Waals surface area (Å²) in [6.45, 7) is 3.67. The number of amides is 2. The van der Waals surface area contributed by atoms with Gasteiger partial charge in [-0.25, -0.2) is 4.39 Å². The van der Waals surface area contributed by atoms with Crippen molar-refractivity contribution in [3.8, 4) is 11.5 Å². The quantitative estimate of drug-likeness (QED) is 0.489. The van der Waals surface area contributed by atoms with Gasteiger partial charge in [-0.05, 0) is 56.3 Å². The summed E-state index contributed by atoms with van der Waals surface area (Å²) < 4.78 is 24.2. The number of nitrogens with one attached hydrogen (secondary N) is 2. The first-order valence-corrected chi connectivity index (χ1v) is 13.6. The number of rotatable bonds is 8. The lowest BCUT2D eigenvalue weighted by Gasteiger charge is -2.43. The highest BCUT2D eigenvalue weighted by Gasteiger charge is 2.44. The number of hydrogen-bond donors (Lipinski definition) is 2. The molecule has 2 heterocycles. The van der Waals surface area contributed by atoms with Crippen LogP contribution in [0.5, 0.6) is 11.5 Å². The maximum Gasteiger partial charge on any atom is 0.248 e. The molecule has 2 amide bonds. The topological polar surface area (TPSA) is 83.1 Å². The molecule has 0 radical (unpaired) electrons. The molecule has 37 heavy (non-hydrogen) atoms. The van der Waals surface area contributed by atoms with E-state index in [9.17, 15) is 14.0 Å². The largest absolute Gasteiger partial charge is 0.497 e. The van der Waals surface area contributed by atoms with E-state index in [0.717, 1.165) is 17.2 Å². The van der Waals surface area contributed by atoms with Crippen LogP contribution in [0.1, 0.15) is 12.8 Å². The molecule has 0 bridgehead atoms. The first kappa shape index (κ1) is 27.3. The molecule has 0 aromatic heterocycles. The molecule has 0 unspecified atom stereocenters. The van der Waals surface area contributed by atoms with Gasteiger partial charge in [-0.15, -0.1) is 11.8 Å².